The number of anilines is 1. The lowest BCUT2D eigenvalue weighted by Crippen LogP contribution is -2.42. The number of para-hydroxylation sites is 1. The highest BCUT2D eigenvalue weighted by molar-refractivity contribution is 7.93. The highest BCUT2D eigenvalue weighted by atomic mass is 32.2. The van der Waals surface area contributed by atoms with Crippen LogP contribution in [0.15, 0.2) is 58.2 Å². The van der Waals surface area contributed by atoms with Crippen LogP contribution in [0.5, 0.6) is 17.4 Å². The number of ether oxygens (including phenoxy) is 4. The minimum absolute atomic E-state index is 0.0247. The molecule has 0 fully saturated rings. The van der Waals surface area contributed by atoms with Gasteiger partial charge in [0.1, 0.15) is 34.2 Å². The predicted octanol–water partition coefficient (Wildman–Crippen LogP) is 2.89. The second-order valence-electron chi connectivity index (χ2n) is 8.98. The Hall–Kier alpha value is -4.34. The molecule has 2 aromatic heterocycles. The van der Waals surface area contributed by atoms with Crippen molar-refractivity contribution in [1.82, 2.24) is 19.7 Å². The molecule has 1 aromatic carbocycles. The summed E-state index contributed by atoms with van der Waals surface area (Å²) >= 11 is 0. The van der Waals surface area contributed by atoms with Crippen LogP contribution in [0, 0.1) is 0 Å². The molecule has 0 spiro atoms. The number of amidine groups is 1. The van der Waals surface area contributed by atoms with E-state index >= 15 is 0 Å². The average molecular weight is 602 g/mol. The van der Waals surface area contributed by atoms with E-state index in [1.54, 1.807) is 36.4 Å². The van der Waals surface area contributed by atoms with Crippen LogP contribution in [0.3, 0.4) is 0 Å². The topological polar surface area (TPSA) is 172 Å². The summed E-state index contributed by atoms with van der Waals surface area (Å²) in [6, 6.07) is 10.1. The van der Waals surface area contributed by atoms with Crippen molar-refractivity contribution in [3.05, 3.63) is 48.2 Å². The molecular weight excluding hydrogens is 566 g/mol. The molecule has 2 N–H and O–H groups in total. The van der Waals surface area contributed by atoms with Crippen molar-refractivity contribution in [2.45, 2.75) is 32.1 Å². The van der Waals surface area contributed by atoms with Gasteiger partial charge in [-0.15, -0.1) is 10.2 Å². The van der Waals surface area contributed by atoms with Gasteiger partial charge in [-0.2, -0.15) is 0 Å². The second-order valence-corrected chi connectivity index (χ2v) is 11.0. The van der Waals surface area contributed by atoms with Crippen LogP contribution < -0.4 is 18.9 Å². The fraction of sp³-hybridized carbons (Fsp3) is 0.370. The Bertz CT molecular complexity index is 1530. The first-order valence-electron chi connectivity index (χ1n) is 12.7. The molecule has 0 bridgehead atoms. The summed E-state index contributed by atoms with van der Waals surface area (Å²) in [5.74, 6) is 1.03. The normalized spacial score (nSPS) is 13.2. The number of aromatic nitrogens is 4. The third-order valence-corrected chi connectivity index (χ3v) is 7.55. The first-order chi connectivity index (χ1) is 20.1. The highest BCUT2D eigenvalue weighted by Crippen LogP contribution is 2.37. The van der Waals surface area contributed by atoms with E-state index in [2.05, 4.69) is 36.6 Å². The predicted molar refractivity (Wildman–Crippen MR) is 159 cm³/mol. The number of methoxy groups -OCH3 is 3. The van der Waals surface area contributed by atoms with Crippen LogP contribution in [0.2, 0.25) is 0 Å². The van der Waals surface area contributed by atoms with E-state index in [4.69, 9.17) is 18.9 Å². The van der Waals surface area contributed by atoms with Crippen LogP contribution in [-0.4, -0.2) is 91.7 Å². The largest absolute Gasteiger partial charge is 0.494 e. The van der Waals surface area contributed by atoms with Crippen molar-refractivity contribution >= 4 is 28.5 Å². The summed E-state index contributed by atoms with van der Waals surface area (Å²) in [7, 11) is 0.130. The van der Waals surface area contributed by atoms with E-state index in [9.17, 15) is 13.5 Å². The molecule has 2 heterocycles. The quantitative estimate of drug-likeness (QED) is 0.207. The van der Waals surface area contributed by atoms with Gasteiger partial charge >= 0.3 is 0 Å². The lowest BCUT2D eigenvalue weighted by atomic mass is 10.2. The number of aliphatic hydroxyl groups excluding tert-OH is 1. The van der Waals surface area contributed by atoms with Gasteiger partial charge in [0.05, 0.1) is 34.5 Å². The number of pyridine rings is 1. The molecule has 42 heavy (non-hydrogen) atoms. The third kappa shape index (κ3) is 7.29. The highest BCUT2D eigenvalue weighted by Gasteiger charge is 2.36. The number of sulfonamides is 1. The van der Waals surface area contributed by atoms with Gasteiger partial charge in [-0.1, -0.05) is 17.7 Å². The van der Waals surface area contributed by atoms with Gasteiger partial charge in [-0.25, -0.2) is 23.4 Å². The summed E-state index contributed by atoms with van der Waals surface area (Å²) < 4.78 is 53.8. The maximum absolute atomic E-state index is 13.8. The molecule has 15 heteroatoms. The molecule has 0 saturated heterocycles. The zero-order chi connectivity index (χ0) is 30.9. The Labute approximate surface area is 244 Å². The number of rotatable bonds is 14. The van der Waals surface area contributed by atoms with Crippen molar-refractivity contribution in [1.29, 1.82) is 0 Å². The Balaban J connectivity index is 2.20. The molecule has 0 amide bonds. The zero-order valence-electron chi connectivity index (χ0n) is 24.3. The summed E-state index contributed by atoms with van der Waals surface area (Å²) in [5, 5.41) is 16.5. The zero-order valence-corrected chi connectivity index (χ0v) is 25.1. The fourth-order valence-corrected chi connectivity index (χ4v) is 4.91. The van der Waals surface area contributed by atoms with E-state index in [0.717, 1.165) is 5.57 Å². The van der Waals surface area contributed by atoms with Gasteiger partial charge in [0.15, 0.2) is 11.7 Å². The number of aliphatic hydroxyl groups is 1. The van der Waals surface area contributed by atoms with E-state index in [0.29, 0.717) is 28.8 Å². The van der Waals surface area contributed by atoms with Crippen molar-refractivity contribution in [3.63, 3.8) is 0 Å². The van der Waals surface area contributed by atoms with Crippen molar-refractivity contribution in [2.75, 3.05) is 39.3 Å². The van der Waals surface area contributed by atoms with Crippen LogP contribution in [0.1, 0.15) is 20.8 Å². The molecular formula is C27H35N7O7S. The molecule has 0 aliphatic carbocycles. The van der Waals surface area contributed by atoms with Crippen LogP contribution >= 0.6 is 0 Å². The summed E-state index contributed by atoms with van der Waals surface area (Å²) in [6.45, 7) is 8.08. The molecule has 0 aliphatic heterocycles. The van der Waals surface area contributed by atoms with Gasteiger partial charge in [0, 0.05) is 12.3 Å². The Morgan fingerprint density at radius 2 is 1.76 bits per heavy atom. The van der Waals surface area contributed by atoms with Gasteiger partial charge < -0.3 is 24.1 Å². The molecule has 0 aliphatic rings. The van der Waals surface area contributed by atoms with E-state index in [1.165, 1.54) is 39.0 Å². The van der Waals surface area contributed by atoms with Crippen LogP contribution in [-0.2, 0) is 14.8 Å². The minimum Gasteiger partial charge on any atom is -0.494 e. The lowest BCUT2D eigenvalue weighted by Gasteiger charge is -2.24. The van der Waals surface area contributed by atoms with E-state index < -0.39 is 21.4 Å². The number of hydrogen-bond acceptors (Lipinski definition) is 11. The maximum atomic E-state index is 13.8. The number of hydrogen-bond donors (Lipinski definition) is 2. The molecule has 226 valence electrons. The number of nitrogens with one attached hydrogen (secondary N) is 1. The fourth-order valence-electron chi connectivity index (χ4n) is 3.82. The summed E-state index contributed by atoms with van der Waals surface area (Å²) in [5.41, 5.74) is 1.51. The Kier molecular flexibility index (Phi) is 11.1. The van der Waals surface area contributed by atoms with Gasteiger partial charge in [0.2, 0.25) is 21.9 Å². The molecule has 3 aromatic rings. The van der Waals surface area contributed by atoms with Gasteiger partial charge in [0.25, 0.3) is 0 Å². The molecule has 0 unspecified atom stereocenters. The Morgan fingerprint density at radius 3 is 2.33 bits per heavy atom. The third-order valence-electron chi connectivity index (χ3n) is 5.86. The molecule has 2 atom stereocenters. The van der Waals surface area contributed by atoms with E-state index in [1.807, 2.05) is 13.8 Å². The molecule has 0 saturated carbocycles. The SMILES string of the molecule is C=NC(=NC=C(C)C)[C@H](OCCO)[C@@H](C)S(=O)(=O)Nc1nnc(-c2cccc(OC)n2)n1-c1c(OC)cccc1OC. The smallest absolute Gasteiger partial charge is 0.243 e. The molecule has 0 radical (unpaired) electrons. The number of allylic oxidation sites excluding steroid dienone is 1. The monoisotopic (exact) mass is 601 g/mol. The van der Waals surface area contributed by atoms with Crippen LogP contribution in [0.4, 0.5) is 5.95 Å². The molecule has 3 rings (SSSR count). The molecule has 14 nitrogen and oxygen atoms in total. The van der Waals surface area contributed by atoms with E-state index in [-0.39, 0.29) is 30.8 Å². The average Bonchev–Trinajstić information content (AvgIpc) is 3.39. The van der Waals surface area contributed by atoms with Crippen LogP contribution in [0.25, 0.3) is 17.2 Å². The first kappa shape index (κ1) is 32.2. The maximum Gasteiger partial charge on any atom is 0.243 e. The second kappa shape index (κ2) is 14.5. The first-order valence-corrected chi connectivity index (χ1v) is 14.3. The lowest BCUT2D eigenvalue weighted by molar-refractivity contribution is 0.0638. The van der Waals surface area contributed by atoms with Crippen molar-refractivity contribution < 1.29 is 32.5 Å². The standard InChI is InChI=1S/C27H35N7O7S/c1-17(2)16-29-25(28-4)24(41-15-14-35)18(3)42(36,37)33-27-32-31-26(19-10-8-13-22(30-19)40-7)34(27)23-20(38-5)11-9-12-21(23)39-6/h8-13,16,18,24,35H,4,14-15H2,1-3,5-7H3,(H,32,33)/t18-,24-/m1/s1. The Morgan fingerprint density at radius 1 is 1.10 bits per heavy atom. The minimum atomic E-state index is -4.28. The number of benzene rings is 1. The van der Waals surface area contributed by atoms with Crippen molar-refractivity contribution in [2.24, 2.45) is 9.98 Å². The van der Waals surface area contributed by atoms with Crippen molar-refractivity contribution in [3.8, 4) is 34.6 Å². The van der Waals surface area contributed by atoms with Gasteiger partial charge in [-0.3, -0.25) is 9.29 Å². The van der Waals surface area contributed by atoms with Gasteiger partial charge in [-0.05, 0) is 45.7 Å². The summed E-state index contributed by atoms with van der Waals surface area (Å²) in [6.07, 6.45) is 0.337. The number of aliphatic imine (C=N–C) groups is 2. The number of nitrogens with zero attached hydrogens (tertiary/aromatic N) is 6. The summed E-state index contributed by atoms with van der Waals surface area (Å²) in [4.78, 5) is 12.6.